The van der Waals surface area contributed by atoms with Crippen LogP contribution >= 0.6 is 23.4 Å². The third-order valence-corrected chi connectivity index (χ3v) is 5.53. The second kappa shape index (κ2) is 7.39. The maximum atomic E-state index is 12.5. The zero-order chi connectivity index (χ0) is 16.2. The summed E-state index contributed by atoms with van der Waals surface area (Å²) in [4.78, 5) is 12.5. The maximum Gasteiger partial charge on any atom is 0.237 e. The Kier molecular flexibility index (Phi) is 5.26. The molecule has 3 rings (SSSR count). The van der Waals surface area contributed by atoms with Gasteiger partial charge in [-0.2, -0.15) is 0 Å². The van der Waals surface area contributed by atoms with Crippen molar-refractivity contribution in [3.63, 3.8) is 0 Å². The maximum absolute atomic E-state index is 12.5. The summed E-state index contributed by atoms with van der Waals surface area (Å²) in [5.41, 5.74) is 8.90. The Balaban J connectivity index is 1.87. The highest BCUT2D eigenvalue weighted by atomic mass is 35.5. The van der Waals surface area contributed by atoms with Gasteiger partial charge in [-0.15, -0.1) is 11.8 Å². The van der Waals surface area contributed by atoms with Gasteiger partial charge in [0, 0.05) is 17.6 Å². The van der Waals surface area contributed by atoms with E-state index in [1.54, 1.807) is 11.8 Å². The van der Waals surface area contributed by atoms with Crippen LogP contribution in [0.3, 0.4) is 0 Å². The molecule has 2 aromatic carbocycles. The SMILES string of the molecule is NC[C@H]1CCS[C@H](c2cccc(-c3ccc(Cl)cc3)c2)C(=O)N1. The van der Waals surface area contributed by atoms with Crippen LogP contribution < -0.4 is 11.1 Å². The van der Waals surface area contributed by atoms with Gasteiger partial charge in [0.25, 0.3) is 0 Å². The summed E-state index contributed by atoms with van der Waals surface area (Å²) in [6, 6.07) is 16.0. The number of nitrogens with one attached hydrogen (secondary N) is 1. The number of nitrogens with two attached hydrogens (primary N) is 1. The summed E-state index contributed by atoms with van der Waals surface area (Å²) in [5.74, 6) is 0.979. The van der Waals surface area contributed by atoms with E-state index >= 15 is 0 Å². The number of hydrogen-bond acceptors (Lipinski definition) is 3. The molecule has 2 atom stereocenters. The van der Waals surface area contributed by atoms with E-state index in [0.717, 1.165) is 33.9 Å². The summed E-state index contributed by atoms with van der Waals surface area (Å²) < 4.78 is 0. The Hall–Kier alpha value is -1.49. The first kappa shape index (κ1) is 16.4. The summed E-state index contributed by atoms with van der Waals surface area (Å²) in [5, 5.41) is 3.58. The van der Waals surface area contributed by atoms with Gasteiger partial charge in [0.15, 0.2) is 0 Å². The van der Waals surface area contributed by atoms with Gasteiger partial charge in [-0.3, -0.25) is 4.79 Å². The summed E-state index contributed by atoms with van der Waals surface area (Å²) in [7, 11) is 0. The molecule has 1 fully saturated rings. The highest BCUT2D eigenvalue weighted by molar-refractivity contribution is 8.00. The van der Waals surface area contributed by atoms with Crippen molar-refractivity contribution in [3.8, 4) is 11.1 Å². The molecule has 2 aromatic rings. The van der Waals surface area contributed by atoms with Crippen molar-refractivity contribution in [2.75, 3.05) is 12.3 Å². The van der Waals surface area contributed by atoms with E-state index in [1.807, 2.05) is 36.4 Å². The van der Waals surface area contributed by atoms with Gasteiger partial charge in [-0.1, -0.05) is 41.9 Å². The molecule has 0 bridgehead atoms. The Labute approximate surface area is 145 Å². The molecule has 3 nitrogen and oxygen atoms in total. The first-order valence-corrected chi connectivity index (χ1v) is 9.08. The molecule has 0 saturated carbocycles. The molecule has 1 heterocycles. The quantitative estimate of drug-likeness (QED) is 0.892. The second-order valence-electron chi connectivity index (χ2n) is 5.61. The van der Waals surface area contributed by atoms with Crippen molar-refractivity contribution in [2.24, 2.45) is 5.73 Å². The molecule has 1 amide bonds. The fourth-order valence-corrected chi connectivity index (χ4v) is 4.04. The molecular weight excluding hydrogens is 328 g/mol. The number of thioether (sulfide) groups is 1. The number of amides is 1. The van der Waals surface area contributed by atoms with E-state index in [-0.39, 0.29) is 17.2 Å². The number of hydrogen-bond donors (Lipinski definition) is 2. The van der Waals surface area contributed by atoms with Crippen molar-refractivity contribution in [2.45, 2.75) is 17.7 Å². The molecule has 120 valence electrons. The fraction of sp³-hybridized carbons (Fsp3) is 0.278. The normalized spacial score (nSPS) is 21.6. The molecule has 23 heavy (non-hydrogen) atoms. The minimum Gasteiger partial charge on any atom is -0.351 e. The van der Waals surface area contributed by atoms with E-state index < -0.39 is 0 Å². The van der Waals surface area contributed by atoms with Crippen molar-refractivity contribution in [3.05, 3.63) is 59.1 Å². The van der Waals surface area contributed by atoms with Gasteiger partial charge >= 0.3 is 0 Å². The summed E-state index contributed by atoms with van der Waals surface area (Å²) >= 11 is 7.63. The van der Waals surface area contributed by atoms with Gasteiger partial charge in [0.2, 0.25) is 5.91 Å². The summed E-state index contributed by atoms with van der Waals surface area (Å²) in [6.07, 6.45) is 0.917. The zero-order valence-corrected chi connectivity index (χ0v) is 14.2. The van der Waals surface area contributed by atoms with Crippen LogP contribution in [0.1, 0.15) is 17.2 Å². The first-order chi connectivity index (χ1) is 11.2. The standard InChI is InChI=1S/C18H19ClN2OS/c19-15-6-4-12(5-7-15)13-2-1-3-14(10-13)17-18(22)21-16(11-20)8-9-23-17/h1-7,10,16-17H,8-9,11,20H2,(H,21,22)/t16-,17-/m1/s1. The average molecular weight is 347 g/mol. The molecule has 1 aliphatic rings. The van der Waals surface area contributed by atoms with E-state index in [1.165, 1.54) is 0 Å². The molecule has 0 unspecified atom stereocenters. The molecule has 5 heteroatoms. The van der Waals surface area contributed by atoms with E-state index in [4.69, 9.17) is 17.3 Å². The lowest BCUT2D eigenvalue weighted by atomic mass is 10.0. The van der Waals surface area contributed by atoms with Gasteiger partial charge < -0.3 is 11.1 Å². The monoisotopic (exact) mass is 346 g/mol. The molecule has 3 N–H and O–H groups in total. The number of carbonyl (C=O) groups excluding carboxylic acids is 1. The van der Waals surface area contributed by atoms with Crippen molar-refractivity contribution in [1.29, 1.82) is 0 Å². The van der Waals surface area contributed by atoms with Crippen molar-refractivity contribution < 1.29 is 4.79 Å². The highest BCUT2D eigenvalue weighted by Gasteiger charge is 2.26. The van der Waals surface area contributed by atoms with E-state index in [0.29, 0.717) is 6.54 Å². The minimum absolute atomic E-state index is 0.0520. The summed E-state index contributed by atoms with van der Waals surface area (Å²) in [6.45, 7) is 0.490. The third-order valence-electron chi connectivity index (χ3n) is 3.99. The second-order valence-corrected chi connectivity index (χ2v) is 7.26. The van der Waals surface area contributed by atoms with Crippen LogP contribution in [0.25, 0.3) is 11.1 Å². The zero-order valence-electron chi connectivity index (χ0n) is 12.7. The largest absolute Gasteiger partial charge is 0.351 e. The van der Waals surface area contributed by atoms with Gasteiger partial charge in [0.05, 0.1) is 0 Å². The molecule has 1 saturated heterocycles. The Morgan fingerprint density at radius 3 is 2.70 bits per heavy atom. The van der Waals surface area contributed by atoms with Gasteiger partial charge in [0.1, 0.15) is 5.25 Å². The molecule has 1 aliphatic heterocycles. The highest BCUT2D eigenvalue weighted by Crippen LogP contribution is 2.34. The molecule has 0 spiro atoms. The van der Waals surface area contributed by atoms with Crippen LogP contribution in [-0.2, 0) is 4.79 Å². The lowest BCUT2D eigenvalue weighted by Gasteiger charge is -2.16. The Morgan fingerprint density at radius 2 is 1.96 bits per heavy atom. The predicted molar refractivity (Wildman–Crippen MR) is 97.7 cm³/mol. The third kappa shape index (κ3) is 3.89. The van der Waals surface area contributed by atoms with Crippen LogP contribution in [0.4, 0.5) is 0 Å². The average Bonchev–Trinajstić information content (AvgIpc) is 2.77. The lowest BCUT2D eigenvalue weighted by molar-refractivity contribution is -0.121. The van der Waals surface area contributed by atoms with Crippen LogP contribution in [0.5, 0.6) is 0 Å². The first-order valence-electron chi connectivity index (χ1n) is 7.65. The van der Waals surface area contributed by atoms with Gasteiger partial charge in [-0.05, 0) is 47.1 Å². The number of carbonyl (C=O) groups is 1. The van der Waals surface area contributed by atoms with Crippen LogP contribution in [0.15, 0.2) is 48.5 Å². The minimum atomic E-state index is -0.182. The number of rotatable bonds is 3. The molecule has 0 radical (unpaired) electrons. The fourth-order valence-electron chi connectivity index (χ4n) is 2.70. The molecule has 0 aliphatic carbocycles. The van der Waals surface area contributed by atoms with Crippen molar-refractivity contribution >= 4 is 29.3 Å². The van der Waals surface area contributed by atoms with Crippen LogP contribution in [0.2, 0.25) is 5.02 Å². The van der Waals surface area contributed by atoms with Crippen LogP contribution in [0, 0.1) is 0 Å². The number of halogens is 1. The predicted octanol–water partition coefficient (Wildman–Crippen LogP) is 3.63. The Morgan fingerprint density at radius 1 is 1.17 bits per heavy atom. The van der Waals surface area contributed by atoms with Crippen LogP contribution in [-0.4, -0.2) is 24.2 Å². The molecule has 0 aromatic heterocycles. The lowest BCUT2D eigenvalue weighted by Crippen LogP contribution is -2.40. The van der Waals surface area contributed by atoms with E-state index in [2.05, 4.69) is 17.4 Å². The van der Waals surface area contributed by atoms with Crippen molar-refractivity contribution in [1.82, 2.24) is 5.32 Å². The van der Waals surface area contributed by atoms with E-state index in [9.17, 15) is 4.79 Å². The topological polar surface area (TPSA) is 55.1 Å². The smallest absolute Gasteiger partial charge is 0.237 e. The number of benzene rings is 2. The Bertz CT molecular complexity index is 690. The van der Waals surface area contributed by atoms with Gasteiger partial charge in [-0.25, -0.2) is 0 Å². The molecular formula is C18H19ClN2OS.